The predicted octanol–water partition coefficient (Wildman–Crippen LogP) is 2.17. The lowest BCUT2D eigenvalue weighted by atomic mass is 10.1. The lowest BCUT2D eigenvalue weighted by molar-refractivity contribution is -0.137. The number of pyridine rings is 1. The minimum absolute atomic E-state index is 0.0253. The Bertz CT molecular complexity index is 489. The fourth-order valence-electron chi connectivity index (χ4n) is 1.97. The molecule has 6 heteroatoms. The lowest BCUT2D eigenvalue weighted by Crippen LogP contribution is -2.44. The van der Waals surface area contributed by atoms with Crippen LogP contribution in [0.4, 0.5) is 4.79 Å². The van der Waals surface area contributed by atoms with E-state index < -0.39 is 5.97 Å². The summed E-state index contributed by atoms with van der Waals surface area (Å²) in [5.74, 6) is -0.841. The highest BCUT2D eigenvalue weighted by Crippen LogP contribution is 2.06. The molecule has 0 aliphatic carbocycles. The number of aryl methyl sites for hydroxylation is 1. The smallest absolute Gasteiger partial charge is 0.317 e. The lowest BCUT2D eigenvalue weighted by Gasteiger charge is -2.27. The second kappa shape index (κ2) is 8.24. The van der Waals surface area contributed by atoms with Gasteiger partial charge in [-0.3, -0.25) is 9.78 Å². The van der Waals surface area contributed by atoms with Crippen LogP contribution in [-0.2, 0) is 11.3 Å². The van der Waals surface area contributed by atoms with Crippen molar-refractivity contribution in [2.75, 3.05) is 6.54 Å². The molecule has 116 valence electrons. The first-order valence-corrected chi connectivity index (χ1v) is 7.07. The van der Waals surface area contributed by atoms with Crippen LogP contribution in [0.15, 0.2) is 18.5 Å². The van der Waals surface area contributed by atoms with Crippen LogP contribution >= 0.6 is 0 Å². The molecule has 6 nitrogen and oxygen atoms in total. The van der Waals surface area contributed by atoms with Crippen molar-refractivity contribution in [2.45, 2.75) is 46.2 Å². The van der Waals surface area contributed by atoms with Crippen LogP contribution in [0.2, 0.25) is 0 Å². The molecule has 0 radical (unpaired) electrons. The summed E-state index contributed by atoms with van der Waals surface area (Å²) in [6.45, 7) is 6.65. The van der Waals surface area contributed by atoms with E-state index in [4.69, 9.17) is 5.11 Å². The zero-order valence-corrected chi connectivity index (χ0v) is 12.8. The highest BCUT2D eigenvalue weighted by molar-refractivity contribution is 5.74. The molecule has 0 aromatic carbocycles. The van der Waals surface area contributed by atoms with Crippen molar-refractivity contribution < 1.29 is 14.7 Å². The van der Waals surface area contributed by atoms with Gasteiger partial charge in [-0.1, -0.05) is 0 Å². The number of nitrogens with zero attached hydrogens (tertiary/aromatic N) is 2. The van der Waals surface area contributed by atoms with Crippen molar-refractivity contribution in [1.29, 1.82) is 0 Å². The summed E-state index contributed by atoms with van der Waals surface area (Å²) >= 11 is 0. The van der Waals surface area contributed by atoms with Gasteiger partial charge in [0.1, 0.15) is 0 Å². The van der Waals surface area contributed by atoms with Crippen molar-refractivity contribution in [3.63, 3.8) is 0 Å². The van der Waals surface area contributed by atoms with Gasteiger partial charge in [-0.2, -0.15) is 0 Å². The van der Waals surface area contributed by atoms with Crippen molar-refractivity contribution >= 4 is 12.0 Å². The van der Waals surface area contributed by atoms with Gasteiger partial charge < -0.3 is 15.3 Å². The number of carbonyl (C=O) groups is 2. The SMILES string of the molecule is Cc1cnccc1CNC(=O)N(CCCC(=O)O)C(C)C. The summed E-state index contributed by atoms with van der Waals surface area (Å²) in [4.78, 5) is 28.4. The molecule has 0 fully saturated rings. The Morgan fingerprint density at radius 1 is 1.43 bits per heavy atom. The maximum atomic E-state index is 12.2. The number of aromatic nitrogens is 1. The number of hydrogen-bond donors (Lipinski definition) is 2. The van der Waals surface area contributed by atoms with Gasteiger partial charge >= 0.3 is 12.0 Å². The number of aliphatic carboxylic acids is 1. The van der Waals surface area contributed by atoms with Crippen LogP contribution < -0.4 is 5.32 Å². The molecule has 1 rings (SSSR count). The Kier molecular flexibility index (Phi) is 6.65. The molecule has 0 atom stereocenters. The number of urea groups is 1. The van der Waals surface area contributed by atoms with Gasteiger partial charge in [0.25, 0.3) is 0 Å². The zero-order chi connectivity index (χ0) is 15.8. The topological polar surface area (TPSA) is 82.5 Å². The van der Waals surface area contributed by atoms with E-state index in [2.05, 4.69) is 10.3 Å². The number of hydrogen-bond acceptors (Lipinski definition) is 3. The summed E-state index contributed by atoms with van der Waals surface area (Å²) in [5.41, 5.74) is 2.05. The van der Waals surface area contributed by atoms with E-state index in [0.29, 0.717) is 19.5 Å². The first-order valence-electron chi connectivity index (χ1n) is 7.07. The van der Waals surface area contributed by atoms with Gasteiger partial charge in [-0.15, -0.1) is 0 Å². The van der Waals surface area contributed by atoms with Crippen LogP contribution in [0.25, 0.3) is 0 Å². The number of rotatable bonds is 7. The van der Waals surface area contributed by atoms with E-state index >= 15 is 0 Å². The summed E-state index contributed by atoms with van der Waals surface area (Å²) in [6.07, 6.45) is 3.98. The second-order valence-electron chi connectivity index (χ2n) is 5.25. The van der Waals surface area contributed by atoms with Crippen LogP contribution in [0.5, 0.6) is 0 Å². The monoisotopic (exact) mass is 293 g/mol. The molecule has 21 heavy (non-hydrogen) atoms. The minimum atomic E-state index is -0.841. The van der Waals surface area contributed by atoms with Crippen molar-refractivity contribution in [3.05, 3.63) is 29.6 Å². The molecule has 0 bridgehead atoms. The van der Waals surface area contributed by atoms with Crippen molar-refractivity contribution in [2.24, 2.45) is 0 Å². The molecule has 1 heterocycles. The summed E-state index contributed by atoms with van der Waals surface area (Å²) in [6, 6.07) is 1.73. The molecule has 2 N–H and O–H groups in total. The van der Waals surface area contributed by atoms with E-state index in [1.54, 1.807) is 17.3 Å². The summed E-state index contributed by atoms with van der Waals surface area (Å²) in [5, 5.41) is 11.5. The largest absolute Gasteiger partial charge is 0.481 e. The van der Waals surface area contributed by atoms with Gasteiger partial charge in [0, 0.05) is 37.9 Å². The van der Waals surface area contributed by atoms with E-state index in [-0.39, 0.29) is 18.5 Å². The molecule has 1 aromatic rings. The average molecular weight is 293 g/mol. The number of nitrogens with one attached hydrogen (secondary N) is 1. The molecule has 0 aliphatic rings. The Balaban J connectivity index is 2.53. The van der Waals surface area contributed by atoms with Crippen LogP contribution in [0.1, 0.15) is 37.8 Å². The van der Waals surface area contributed by atoms with Crippen LogP contribution in [-0.4, -0.2) is 39.6 Å². The molecular formula is C15H23N3O3. The van der Waals surface area contributed by atoms with Crippen LogP contribution in [0, 0.1) is 6.92 Å². The Morgan fingerprint density at radius 2 is 2.14 bits per heavy atom. The van der Waals surface area contributed by atoms with E-state index in [9.17, 15) is 9.59 Å². The number of amides is 2. The van der Waals surface area contributed by atoms with Gasteiger partial charge in [0.05, 0.1) is 0 Å². The van der Waals surface area contributed by atoms with Gasteiger partial charge in [0.15, 0.2) is 0 Å². The molecule has 0 saturated carbocycles. The third-order valence-corrected chi connectivity index (χ3v) is 3.24. The highest BCUT2D eigenvalue weighted by Gasteiger charge is 2.16. The van der Waals surface area contributed by atoms with Crippen molar-refractivity contribution in [1.82, 2.24) is 15.2 Å². The molecule has 0 aliphatic heterocycles. The third kappa shape index (κ3) is 5.81. The Labute approximate surface area is 125 Å². The Hall–Kier alpha value is -2.11. The molecular weight excluding hydrogens is 270 g/mol. The van der Waals surface area contributed by atoms with Crippen molar-refractivity contribution in [3.8, 4) is 0 Å². The van der Waals surface area contributed by atoms with E-state index in [1.165, 1.54) is 0 Å². The highest BCUT2D eigenvalue weighted by atomic mass is 16.4. The minimum Gasteiger partial charge on any atom is -0.481 e. The normalized spacial score (nSPS) is 10.5. The summed E-state index contributed by atoms with van der Waals surface area (Å²) < 4.78 is 0. The first kappa shape index (κ1) is 16.9. The fraction of sp³-hybridized carbons (Fsp3) is 0.533. The fourth-order valence-corrected chi connectivity index (χ4v) is 1.97. The maximum absolute atomic E-state index is 12.2. The van der Waals surface area contributed by atoms with Gasteiger partial charge in [-0.05, 0) is 44.4 Å². The Morgan fingerprint density at radius 3 is 2.71 bits per heavy atom. The predicted molar refractivity (Wildman–Crippen MR) is 79.9 cm³/mol. The standard InChI is InChI=1S/C15H23N3O3/c1-11(2)18(8-4-5-14(19)20)15(21)17-10-13-6-7-16-9-12(13)3/h6-7,9,11H,4-5,8,10H2,1-3H3,(H,17,21)(H,19,20). The number of carboxylic acids is 1. The number of carboxylic acid groups (broad SMARTS) is 1. The molecule has 2 amide bonds. The first-order chi connectivity index (χ1) is 9.91. The zero-order valence-electron chi connectivity index (χ0n) is 12.8. The summed E-state index contributed by atoms with van der Waals surface area (Å²) in [7, 11) is 0. The second-order valence-corrected chi connectivity index (χ2v) is 5.25. The quantitative estimate of drug-likeness (QED) is 0.807. The maximum Gasteiger partial charge on any atom is 0.317 e. The molecule has 0 saturated heterocycles. The molecule has 1 aromatic heterocycles. The van der Waals surface area contributed by atoms with Gasteiger partial charge in [0.2, 0.25) is 0 Å². The van der Waals surface area contributed by atoms with Gasteiger partial charge in [-0.25, -0.2) is 4.79 Å². The van der Waals surface area contributed by atoms with E-state index in [1.807, 2.05) is 26.8 Å². The van der Waals surface area contributed by atoms with E-state index in [0.717, 1.165) is 11.1 Å². The van der Waals surface area contributed by atoms with Crippen LogP contribution in [0.3, 0.4) is 0 Å². The molecule has 0 unspecified atom stereocenters. The third-order valence-electron chi connectivity index (χ3n) is 3.24. The molecule has 0 spiro atoms. The number of carbonyl (C=O) groups excluding carboxylic acids is 1. The average Bonchev–Trinajstić information content (AvgIpc) is 2.41.